The SMILES string of the molecule is C=C(S/C(CC)=C(\CC)CCCC)C(C)(CCC)CCC. The third-order valence-corrected chi connectivity index (χ3v) is 6.06. The van der Waals surface area contributed by atoms with Crippen molar-refractivity contribution in [3.63, 3.8) is 0 Å². The van der Waals surface area contributed by atoms with Crippen molar-refractivity contribution in [3.8, 4) is 0 Å². The fraction of sp³-hybridized carbons (Fsp3) is 0.800. The predicted octanol–water partition coefficient (Wildman–Crippen LogP) is 8.10. The average Bonchev–Trinajstić information content (AvgIpc) is 2.46. The molecule has 0 amide bonds. The van der Waals surface area contributed by atoms with Gasteiger partial charge in [0.25, 0.3) is 0 Å². The molecule has 0 N–H and O–H groups in total. The van der Waals surface area contributed by atoms with Crippen LogP contribution in [0.2, 0.25) is 0 Å². The summed E-state index contributed by atoms with van der Waals surface area (Å²) in [5, 5.41) is 0. The third-order valence-electron chi connectivity index (χ3n) is 4.50. The van der Waals surface area contributed by atoms with Gasteiger partial charge in [-0.25, -0.2) is 0 Å². The fourth-order valence-corrected chi connectivity index (χ4v) is 4.36. The Bertz CT molecular complexity index is 319. The van der Waals surface area contributed by atoms with Gasteiger partial charge in [0, 0.05) is 0 Å². The summed E-state index contributed by atoms with van der Waals surface area (Å²) in [4.78, 5) is 2.99. The van der Waals surface area contributed by atoms with Crippen LogP contribution in [-0.2, 0) is 0 Å². The van der Waals surface area contributed by atoms with Gasteiger partial charge in [0.05, 0.1) is 0 Å². The lowest BCUT2D eigenvalue weighted by atomic mass is 9.81. The molecule has 0 heterocycles. The van der Waals surface area contributed by atoms with Crippen LogP contribution in [-0.4, -0.2) is 0 Å². The summed E-state index contributed by atoms with van der Waals surface area (Å²) in [7, 11) is 0. The van der Waals surface area contributed by atoms with E-state index < -0.39 is 0 Å². The summed E-state index contributed by atoms with van der Waals surface area (Å²) in [5.41, 5.74) is 1.97. The number of allylic oxidation sites excluding steroid dienone is 3. The minimum Gasteiger partial charge on any atom is -0.0991 e. The summed E-state index contributed by atoms with van der Waals surface area (Å²) in [6.45, 7) is 18.4. The van der Waals surface area contributed by atoms with Crippen LogP contribution in [0, 0.1) is 5.41 Å². The molecule has 0 aromatic heterocycles. The average molecular weight is 311 g/mol. The van der Waals surface area contributed by atoms with Gasteiger partial charge in [0.1, 0.15) is 0 Å². The van der Waals surface area contributed by atoms with E-state index >= 15 is 0 Å². The van der Waals surface area contributed by atoms with Crippen molar-refractivity contribution in [1.82, 2.24) is 0 Å². The summed E-state index contributed by atoms with van der Waals surface area (Å²) in [6, 6.07) is 0. The van der Waals surface area contributed by atoms with E-state index in [1.807, 2.05) is 11.8 Å². The highest BCUT2D eigenvalue weighted by Crippen LogP contribution is 2.46. The number of unbranched alkanes of at least 4 members (excludes halogenated alkanes) is 1. The Hall–Kier alpha value is -0.170. The van der Waals surface area contributed by atoms with Gasteiger partial charge in [-0.1, -0.05) is 84.7 Å². The Morgan fingerprint density at radius 3 is 1.86 bits per heavy atom. The van der Waals surface area contributed by atoms with Crippen molar-refractivity contribution in [3.05, 3.63) is 22.0 Å². The van der Waals surface area contributed by atoms with Crippen molar-refractivity contribution < 1.29 is 0 Å². The van der Waals surface area contributed by atoms with E-state index in [9.17, 15) is 0 Å². The topological polar surface area (TPSA) is 0 Å². The summed E-state index contributed by atoms with van der Waals surface area (Å²) in [5.74, 6) is 0. The fourth-order valence-electron chi connectivity index (χ4n) is 3.08. The zero-order chi connectivity index (χ0) is 16.3. The first-order chi connectivity index (χ1) is 9.98. The van der Waals surface area contributed by atoms with Crippen LogP contribution in [0.5, 0.6) is 0 Å². The number of rotatable bonds is 12. The molecule has 0 aliphatic heterocycles. The molecule has 0 nitrogen and oxygen atoms in total. The molecule has 0 unspecified atom stereocenters. The van der Waals surface area contributed by atoms with Crippen LogP contribution in [0.25, 0.3) is 0 Å². The zero-order valence-corrected chi connectivity index (χ0v) is 16.3. The van der Waals surface area contributed by atoms with Crippen molar-refractivity contribution in [2.45, 2.75) is 99.3 Å². The highest BCUT2D eigenvalue weighted by Gasteiger charge is 2.27. The quantitative estimate of drug-likeness (QED) is 0.351. The molecule has 0 bridgehead atoms. The third kappa shape index (κ3) is 7.08. The standard InChI is InChI=1S/C20H38S/c1-8-13-14-18(11-4)19(12-5)21-17(6)20(7,15-9-2)16-10-3/h6,8-16H2,1-5,7H3/b19-18+. The molecule has 1 heteroatoms. The molecule has 0 rings (SSSR count). The number of hydrogen-bond acceptors (Lipinski definition) is 1. The van der Waals surface area contributed by atoms with E-state index in [2.05, 4.69) is 48.1 Å². The molecular formula is C20H38S. The Balaban J connectivity index is 5.07. The number of thioether (sulfide) groups is 1. The Labute approximate surface area is 138 Å². The van der Waals surface area contributed by atoms with Gasteiger partial charge < -0.3 is 0 Å². The van der Waals surface area contributed by atoms with Crippen molar-refractivity contribution >= 4 is 11.8 Å². The van der Waals surface area contributed by atoms with Crippen LogP contribution < -0.4 is 0 Å². The molecule has 0 aliphatic carbocycles. The zero-order valence-electron chi connectivity index (χ0n) is 15.5. The lowest BCUT2D eigenvalue weighted by molar-refractivity contribution is 0.346. The van der Waals surface area contributed by atoms with E-state index in [0.717, 1.165) is 6.42 Å². The minimum atomic E-state index is 0.304. The van der Waals surface area contributed by atoms with Gasteiger partial charge in [0.2, 0.25) is 0 Å². The molecule has 0 radical (unpaired) electrons. The first kappa shape index (κ1) is 20.8. The van der Waals surface area contributed by atoms with Crippen LogP contribution in [0.3, 0.4) is 0 Å². The molecule has 0 saturated heterocycles. The molecule has 0 aromatic carbocycles. The van der Waals surface area contributed by atoms with Gasteiger partial charge in [-0.15, -0.1) is 0 Å². The molecule has 124 valence electrons. The van der Waals surface area contributed by atoms with Crippen molar-refractivity contribution in [1.29, 1.82) is 0 Å². The highest BCUT2D eigenvalue weighted by molar-refractivity contribution is 8.06. The summed E-state index contributed by atoms with van der Waals surface area (Å²) < 4.78 is 0. The molecule has 0 spiro atoms. The van der Waals surface area contributed by atoms with Gasteiger partial charge >= 0.3 is 0 Å². The Morgan fingerprint density at radius 1 is 0.905 bits per heavy atom. The first-order valence-corrected chi connectivity index (χ1v) is 9.88. The van der Waals surface area contributed by atoms with Gasteiger partial charge in [-0.2, -0.15) is 0 Å². The van der Waals surface area contributed by atoms with E-state index in [4.69, 9.17) is 0 Å². The van der Waals surface area contributed by atoms with E-state index in [0.29, 0.717) is 5.41 Å². The summed E-state index contributed by atoms with van der Waals surface area (Å²) >= 11 is 2.00. The van der Waals surface area contributed by atoms with Gasteiger partial charge in [-0.05, 0) is 53.8 Å². The first-order valence-electron chi connectivity index (χ1n) is 9.07. The van der Waals surface area contributed by atoms with E-state index in [-0.39, 0.29) is 0 Å². The van der Waals surface area contributed by atoms with Crippen molar-refractivity contribution in [2.75, 3.05) is 0 Å². The van der Waals surface area contributed by atoms with Crippen LogP contribution in [0.4, 0.5) is 0 Å². The maximum atomic E-state index is 4.48. The lowest BCUT2D eigenvalue weighted by Gasteiger charge is -2.32. The number of hydrogen-bond donors (Lipinski definition) is 0. The predicted molar refractivity (Wildman–Crippen MR) is 102 cm³/mol. The second kappa shape index (κ2) is 11.4. The second-order valence-electron chi connectivity index (χ2n) is 6.42. The Kier molecular flexibility index (Phi) is 11.3. The van der Waals surface area contributed by atoms with Crippen LogP contribution in [0.1, 0.15) is 99.3 Å². The van der Waals surface area contributed by atoms with Gasteiger partial charge in [-0.3, -0.25) is 0 Å². The lowest BCUT2D eigenvalue weighted by Crippen LogP contribution is -2.17. The Morgan fingerprint density at radius 2 is 1.48 bits per heavy atom. The van der Waals surface area contributed by atoms with Gasteiger partial charge in [0.15, 0.2) is 0 Å². The normalized spacial score (nSPS) is 13.2. The van der Waals surface area contributed by atoms with E-state index in [1.54, 1.807) is 10.5 Å². The van der Waals surface area contributed by atoms with Crippen molar-refractivity contribution in [2.24, 2.45) is 5.41 Å². The molecule has 0 aromatic rings. The maximum absolute atomic E-state index is 4.48. The monoisotopic (exact) mass is 310 g/mol. The van der Waals surface area contributed by atoms with E-state index in [1.165, 1.54) is 56.3 Å². The molecule has 0 saturated carbocycles. The largest absolute Gasteiger partial charge is 0.0991 e. The molecule has 0 fully saturated rings. The molecular weight excluding hydrogens is 272 g/mol. The molecule has 21 heavy (non-hydrogen) atoms. The molecule has 0 atom stereocenters. The smallest absolute Gasteiger partial charge is 0.00181 e. The maximum Gasteiger partial charge on any atom is -0.00181 e. The summed E-state index contributed by atoms with van der Waals surface area (Å²) in [6.07, 6.45) is 11.3. The van der Waals surface area contributed by atoms with Crippen LogP contribution in [0.15, 0.2) is 22.0 Å². The molecule has 0 aliphatic rings. The van der Waals surface area contributed by atoms with Crippen LogP contribution >= 0.6 is 11.8 Å². The minimum absolute atomic E-state index is 0.304. The highest BCUT2D eigenvalue weighted by atomic mass is 32.2. The second-order valence-corrected chi connectivity index (χ2v) is 7.61.